The Bertz CT molecular complexity index is 841. The molecule has 2 aliphatic rings. The number of amides is 1. The first-order valence-electron chi connectivity index (χ1n) is 7.48. The molecule has 0 aliphatic carbocycles. The molecule has 1 amide bonds. The van der Waals surface area contributed by atoms with Gasteiger partial charge in [-0.3, -0.25) is 9.59 Å². The summed E-state index contributed by atoms with van der Waals surface area (Å²) in [6, 6.07) is 3.80. The van der Waals surface area contributed by atoms with Gasteiger partial charge in [0.1, 0.15) is 6.61 Å². The highest BCUT2D eigenvalue weighted by Crippen LogP contribution is 2.30. The number of ether oxygens (including phenoxy) is 1. The van der Waals surface area contributed by atoms with Crippen LogP contribution in [0.4, 0.5) is 5.69 Å². The number of Topliss-reactive ketones (excluding diaryl/α,β-unsaturated/α-hetero) is 1. The van der Waals surface area contributed by atoms with Crippen LogP contribution < -0.4 is 5.32 Å². The van der Waals surface area contributed by atoms with E-state index in [1.54, 1.807) is 0 Å². The largest absolute Gasteiger partial charge is 0.367 e. The zero-order valence-corrected chi connectivity index (χ0v) is 13.6. The van der Waals surface area contributed by atoms with E-state index in [0.29, 0.717) is 18.7 Å². The van der Waals surface area contributed by atoms with Gasteiger partial charge in [0, 0.05) is 12.6 Å². The molecule has 2 aliphatic heterocycles. The molecule has 1 N–H and O–H groups in total. The Balaban J connectivity index is 1.87. The Labute approximate surface area is 140 Å². The van der Waals surface area contributed by atoms with Crippen LogP contribution in [0.5, 0.6) is 0 Å². The van der Waals surface area contributed by atoms with Crippen LogP contribution in [-0.4, -0.2) is 50.2 Å². The van der Waals surface area contributed by atoms with Crippen LogP contribution in [-0.2, 0) is 19.6 Å². The molecule has 24 heavy (non-hydrogen) atoms. The summed E-state index contributed by atoms with van der Waals surface area (Å²) in [6.07, 6.45) is 6.55. The Morgan fingerprint density at radius 1 is 1.38 bits per heavy atom. The predicted molar refractivity (Wildman–Crippen MR) is 86.0 cm³/mol. The van der Waals surface area contributed by atoms with Crippen LogP contribution in [0.25, 0.3) is 0 Å². The van der Waals surface area contributed by atoms with E-state index in [2.05, 4.69) is 11.2 Å². The molecule has 126 valence electrons. The normalized spacial score (nSPS) is 20.7. The van der Waals surface area contributed by atoms with Crippen molar-refractivity contribution in [1.29, 1.82) is 0 Å². The van der Waals surface area contributed by atoms with Crippen LogP contribution >= 0.6 is 0 Å². The molecule has 0 aromatic heterocycles. The lowest BCUT2D eigenvalue weighted by Gasteiger charge is -2.24. The van der Waals surface area contributed by atoms with E-state index in [4.69, 9.17) is 11.2 Å². The molecule has 1 aromatic carbocycles. The number of sulfonamides is 1. The summed E-state index contributed by atoms with van der Waals surface area (Å²) in [6.45, 7) is 0.744. The highest BCUT2D eigenvalue weighted by molar-refractivity contribution is 7.89. The van der Waals surface area contributed by atoms with Gasteiger partial charge in [-0.1, -0.05) is 5.92 Å². The van der Waals surface area contributed by atoms with E-state index in [0.717, 1.165) is 6.42 Å². The quantitative estimate of drug-likeness (QED) is 0.478. The van der Waals surface area contributed by atoms with Crippen molar-refractivity contribution in [1.82, 2.24) is 4.31 Å². The maximum Gasteiger partial charge on any atom is 0.296 e. The summed E-state index contributed by atoms with van der Waals surface area (Å²) in [4.78, 5) is 23.2. The fourth-order valence-electron chi connectivity index (χ4n) is 2.96. The molecule has 0 bridgehead atoms. The number of nitrogens with one attached hydrogen (secondary N) is 1. The lowest BCUT2D eigenvalue weighted by Crippen LogP contribution is -2.38. The second-order valence-corrected chi connectivity index (χ2v) is 7.51. The van der Waals surface area contributed by atoms with Gasteiger partial charge in [0.2, 0.25) is 10.0 Å². The molecular weight excluding hydrogens is 332 g/mol. The SMILES string of the molecule is C#CCOC[C@@H]1CCCN1S(=O)(=O)c1ccc2c(c1)C(=O)C(=O)N2. The van der Waals surface area contributed by atoms with Crippen molar-refractivity contribution in [2.45, 2.75) is 23.8 Å². The molecular formula is C16H16N2O5S. The standard InChI is InChI=1S/C16H16N2O5S/c1-2-8-23-10-11-4-3-7-18(11)24(21,22)12-5-6-14-13(9-12)15(19)16(20)17-14/h1,5-6,9,11H,3-4,7-8,10H2,(H,17,19,20)/t11-/m0/s1. The summed E-state index contributed by atoms with van der Waals surface area (Å²) in [5.74, 6) is 0.874. The second kappa shape index (κ2) is 6.36. The van der Waals surface area contributed by atoms with Crippen LogP contribution in [0, 0.1) is 12.3 Å². The zero-order chi connectivity index (χ0) is 17.3. The molecule has 8 heteroatoms. The Morgan fingerprint density at radius 3 is 2.92 bits per heavy atom. The second-order valence-electron chi connectivity index (χ2n) is 5.62. The molecule has 0 unspecified atom stereocenters. The third kappa shape index (κ3) is 2.82. The fourth-order valence-corrected chi connectivity index (χ4v) is 4.67. The van der Waals surface area contributed by atoms with Crippen LogP contribution in [0.1, 0.15) is 23.2 Å². The Morgan fingerprint density at radius 2 is 2.17 bits per heavy atom. The average Bonchev–Trinajstić information content (AvgIpc) is 3.13. The minimum atomic E-state index is -3.78. The number of benzene rings is 1. The van der Waals surface area contributed by atoms with Gasteiger partial charge in [0.15, 0.2) is 0 Å². The topological polar surface area (TPSA) is 92.8 Å². The van der Waals surface area contributed by atoms with Crippen LogP contribution in [0.15, 0.2) is 23.1 Å². The van der Waals surface area contributed by atoms with E-state index in [1.165, 1.54) is 22.5 Å². The maximum atomic E-state index is 12.9. The first-order valence-corrected chi connectivity index (χ1v) is 8.92. The third-order valence-electron chi connectivity index (χ3n) is 4.12. The number of fused-ring (bicyclic) bond motifs is 1. The lowest BCUT2D eigenvalue weighted by atomic mass is 10.1. The van der Waals surface area contributed by atoms with Gasteiger partial charge >= 0.3 is 0 Å². The first kappa shape index (κ1) is 16.6. The molecule has 0 spiro atoms. The van der Waals surface area contributed by atoms with Crippen molar-refractivity contribution in [2.24, 2.45) is 0 Å². The number of hydrogen-bond acceptors (Lipinski definition) is 5. The molecule has 1 fully saturated rings. The van der Waals surface area contributed by atoms with Crippen molar-refractivity contribution >= 4 is 27.4 Å². The number of hydrogen-bond donors (Lipinski definition) is 1. The Hall–Kier alpha value is -2.21. The number of carbonyl (C=O) groups is 2. The van der Waals surface area contributed by atoms with E-state index in [9.17, 15) is 18.0 Å². The van der Waals surface area contributed by atoms with Gasteiger partial charge in [0.25, 0.3) is 11.7 Å². The van der Waals surface area contributed by atoms with Crippen molar-refractivity contribution in [3.63, 3.8) is 0 Å². The minimum Gasteiger partial charge on any atom is -0.367 e. The number of ketones is 1. The molecule has 1 saturated heterocycles. The van der Waals surface area contributed by atoms with Gasteiger partial charge in [-0.15, -0.1) is 6.42 Å². The first-order chi connectivity index (χ1) is 11.4. The highest BCUT2D eigenvalue weighted by Gasteiger charge is 2.37. The van der Waals surface area contributed by atoms with Crippen molar-refractivity contribution in [2.75, 3.05) is 25.1 Å². The fraction of sp³-hybridized carbons (Fsp3) is 0.375. The zero-order valence-electron chi connectivity index (χ0n) is 12.8. The molecule has 3 rings (SSSR count). The van der Waals surface area contributed by atoms with E-state index < -0.39 is 21.7 Å². The van der Waals surface area contributed by atoms with Gasteiger partial charge in [-0.05, 0) is 31.0 Å². The molecule has 0 radical (unpaired) electrons. The number of anilines is 1. The lowest BCUT2D eigenvalue weighted by molar-refractivity contribution is -0.112. The Kier molecular flexibility index (Phi) is 4.41. The maximum absolute atomic E-state index is 12.9. The number of terminal acetylenes is 1. The van der Waals surface area contributed by atoms with Gasteiger partial charge in [0.05, 0.1) is 22.8 Å². The van der Waals surface area contributed by atoms with E-state index in [-0.39, 0.29) is 29.7 Å². The molecule has 7 nitrogen and oxygen atoms in total. The van der Waals surface area contributed by atoms with Gasteiger partial charge < -0.3 is 10.1 Å². The van der Waals surface area contributed by atoms with Crippen molar-refractivity contribution < 1.29 is 22.7 Å². The number of nitrogens with zero attached hydrogens (tertiary/aromatic N) is 1. The summed E-state index contributed by atoms with van der Waals surface area (Å²) >= 11 is 0. The summed E-state index contributed by atoms with van der Waals surface area (Å²) < 4.78 is 32.4. The smallest absolute Gasteiger partial charge is 0.296 e. The average molecular weight is 348 g/mol. The monoisotopic (exact) mass is 348 g/mol. The third-order valence-corrected chi connectivity index (χ3v) is 6.06. The summed E-state index contributed by atoms with van der Waals surface area (Å²) in [5.41, 5.74) is 0.416. The van der Waals surface area contributed by atoms with Crippen molar-refractivity contribution in [3.8, 4) is 12.3 Å². The van der Waals surface area contributed by atoms with E-state index in [1.807, 2.05) is 0 Å². The van der Waals surface area contributed by atoms with Gasteiger partial charge in [-0.25, -0.2) is 8.42 Å². The molecule has 1 atom stereocenters. The molecule has 1 aromatic rings. The minimum absolute atomic E-state index is 0.00468. The van der Waals surface area contributed by atoms with E-state index >= 15 is 0 Å². The van der Waals surface area contributed by atoms with Crippen LogP contribution in [0.3, 0.4) is 0 Å². The van der Waals surface area contributed by atoms with Crippen molar-refractivity contribution in [3.05, 3.63) is 23.8 Å². The summed E-state index contributed by atoms with van der Waals surface area (Å²) in [7, 11) is -3.78. The highest BCUT2D eigenvalue weighted by atomic mass is 32.2. The molecule has 0 saturated carbocycles. The molecule has 2 heterocycles. The van der Waals surface area contributed by atoms with Crippen LogP contribution in [0.2, 0.25) is 0 Å². The summed E-state index contributed by atoms with van der Waals surface area (Å²) in [5, 5.41) is 2.40. The predicted octanol–water partition coefficient (Wildman–Crippen LogP) is 0.624. The van der Waals surface area contributed by atoms with Gasteiger partial charge in [-0.2, -0.15) is 4.31 Å². The number of rotatable bonds is 5. The number of carbonyl (C=O) groups excluding carboxylic acids is 2.